The van der Waals surface area contributed by atoms with Crippen LogP contribution in [0.15, 0.2) is 72.8 Å². The van der Waals surface area contributed by atoms with Crippen molar-refractivity contribution in [1.82, 2.24) is 41.7 Å². The Balaban J connectivity index is 1.05. The standard InChI is InChI=1S/C56H76N10O8/c1-31(57)47(67)63-45(55(3,4)5)53(73)65-29-37(27-43(65)51(71)61-41-21-13-17-33-15-9-11-19-39(33)41)59-49(69)35-23-25-36(26-24-35)50(70)60-38-28-44(52(72)62-42-22-14-18-34-16-10-12-20-40(34)42)66(30-38)54(74)46(56(6,7)8)64-48(68)32(2)58/h9-12,15-16,19-20,23-26,31-32,37-38,41-46H,13-14,17-18,21-22,27-30,57-58H2,1-8H3,(H,59,69)(H,60,70)(H,61,71)(H,62,72)(H,63,67)(H,64,68)/t31-,32-,37-,38-,41+,42+,43-,44-,45+,46+/m0/s1. The molecule has 2 fully saturated rings. The molecule has 2 aliphatic heterocycles. The minimum Gasteiger partial charge on any atom is -0.347 e. The number of carbonyl (C=O) groups is 8. The third-order valence-corrected chi connectivity index (χ3v) is 14.9. The molecule has 2 saturated heterocycles. The first kappa shape index (κ1) is 55.1. The van der Waals surface area contributed by atoms with Crippen molar-refractivity contribution < 1.29 is 38.4 Å². The maximum atomic E-state index is 14.5. The van der Waals surface area contributed by atoms with Crippen LogP contribution in [0, 0.1) is 10.8 Å². The van der Waals surface area contributed by atoms with Gasteiger partial charge >= 0.3 is 0 Å². The van der Waals surface area contributed by atoms with Crippen molar-refractivity contribution in [2.45, 2.75) is 167 Å². The highest BCUT2D eigenvalue weighted by Crippen LogP contribution is 2.34. The Bertz CT molecular complexity index is 2430. The molecule has 10 atom stereocenters. The molecule has 7 rings (SSSR count). The van der Waals surface area contributed by atoms with Gasteiger partial charge in [-0.1, -0.05) is 90.1 Å². The van der Waals surface area contributed by atoms with E-state index in [2.05, 4.69) is 44.0 Å². The Hall–Kier alpha value is -6.66. The fourth-order valence-electron chi connectivity index (χ4n) is 10.7. The lowest BCUT2D eigenvalue weighted by atomic mass is 9.85. The molecule has 0 radical (unpaired) electrons. The number of aryl methyl sites for hydroxylation is 2. The molecule has 2 heterocycles. The Kier molecular flexibility index (Phi) is 17.0. The molecule has 0 spiro atoms. The highest BCUT2D eigenvalue weighted by atomic mass is 16.2. The zero-order valence-corrected chi connectivity index (χ0v) is 44.1. The molecule has 10 N–H and O–H groups in total. The highest BCUT2D eigenvalue weighted by Gasteiger charge is 2.48. The van der Waals surface area contributed by atoms with Crippen LogP contribution in [0.2, 0.25) is 0 Å². The zero-order chi connectivity index (χ0) is 53.8. The van der Waals surface area contributed by atoms with Gasteiger partial charge in [0.05, 0.1) is 24.2 Å². The van der Waals surface area contributed by atoms with Crippen molar-refractivity contribution in [1.29, 1.82) is 0 Å². The third-order valence-electron chi connectivity index (χ3n) is 14.9. The second-order valence-electron chi connectivity index (χ2n) is 22.9. The molecule has 8 amide bonds. The van der Waals surface area contributed by atoms with Crippen LogP contribution in [0.3, 0.4) is 0 Å². The van der Waals surface area contributed by atoms with Crippen molar-refractivity contribution >= 4 is 47.3 Å². The van der Waals surface area contributed by atoms with Gasteiger partial charge in [0.1, 0.15) is 24.2 Å². The first-order chi connectivity index (χ1) is 34.9. The largest absolute Gasteiger partial charge is 0.347 e. The quantitative estimate of drug-likeness (QED) is 0.117. The van der Waals surface area contributed by atoms with Gasteiger partial charge < -0.3 is 53.2 Å². The number of nitrogens with zero attached hydrogens (tertiary/aromatic N) is 2. The molecular weight excluding hydrogens is 941 g/mol. The number of nitrogens with one attached hydrogen (secondary N) is 6. The van der Waals surface area contributed by atoms with Crippen molar-refractivity contribution in [3.63, 3.8) is 0 Å². The molecule has 4 aliphatic rings. The molecule has 18 nitrogen and oxygen atoms in total. The second kappa shape index (κ2) is 22.8. The number of likely N-dealkylation sites (tertiary alicyclic amines) is 2. The maximum Gasteiger partial charge on any atom is 0.251 e. The molecule has 74 heavy (non-hydrogen) atoms. The number of hydrogen-bond donors (Lipinski definition) is 8. The second-order valence-corrected chi connectivity index (χ2v) is 22.9. The van der Waals surface area contributed by atoms with E-state index in [1.807, 2.05) is 77.9 Å². The number of nitrogens with two attached hydrogens (primary N) is 2. The van der Waals surface area contributed by atoms with E-state index in [4.69, 9.17) is 11.5 Å². The minimum atomic E-state index is -1.02. The predicted molar refractivity (Wildman–Crippen MR) is 280 cm³/mol. The minimum absolute atomic E-state index is 0.00603. The number of amides is 8. The lowest BCUT2D eigenvalue weighted by molar-refractivity contribution is -0.144. The highest BCUT2D eigenvalue weighted by molar-refractivity contribution is 5.99. The molecular formula is C56H76N10O8. The lowest BCUT2D eigenvalue weighted by Crippen LogP contribution is -2.59. The van der Waals surface area contributed by atoms with Crippen molar-refractivity contribution in [3.05, 3.63) is 106 Å². The summed E-state index contributed by atoms with van der Waals surface area (Å²) in [6.45, 7) is 13.9. The van der Waals surface area contributed by atoms with Crippen LogP contribution in [0.25, 0.3) is 0 Å². The van der Waals surface area contributed by atoms with Crippen LogP contribution < -0.4 is 43.4 Å². The van der Waals surface area contributed by atoms with Gasteiger partial charge in [-0.25, -0.2) is 0 Å². The number of benzene rings is 3. The number of hydrogen-bond acceptors (Lipinski definition) is 10. The van der Waals surface area contributed by atoms with Crippen molar-refractivity contribution in [2.24, 2.45) is 22.3 Å². The summed E-state index contributed by atoms with van der Waals surface area (Å²) in [7, 11) is 0. The first-order valence-electron chi connectivity index (χ1n) is 26.1. The molecule has 3 aromatic carbocycles. The monoisotopic (exact) mass is 1020 g/mol. The van der Waals surface area contributed by atoms with Gasteiger partial charge in [-0.3, -0.25) is 38.4 Å². The summed E-state index contributed by atoms with van der Waals surface area (Å²) in [4.78, 5) is 114. The Labute approximate surface area is 434 Å². The molecule has 398 valence electrons. The van der Waals surface area contributed by atoms with Gasteiger partial charge in [0.25, 0.3) is 11.8 Å². The van der Waals surface area contributed by atoms with Gasteiger partial charge in [-0.05, 0) is 123 Å². The molecule has 18 heteroatoms. The van der Waals surface area contributed by atoms with Crippen LogP contribution in [0.4, 0.5) is 0 Å². The van der Waals surface area contributed by atoms with Gasteiger partial charge in [-0.2, -0.15) is 0 Å². The topological polar surface area (TPSA) is 267 Å². The summed E-state index contributed by atoms with van der Waals surface area (Å²) in [6, 6.07) is 14.4. The lowest BCUT2D eigenvalue weighted by Gasteiger charge is -2.36. The van der Waals surface area contributed by atoms with Crippen LogP contribution in [-0.2, 0) is 41.6 Å². The molecule has 0 bridgehead atoms. The van der Waals surface area contributed by atoms with E-state index in [1.54, 1.807) is 0 Å². The summed E-state index contributed by atoms with van der Waals surface area (Å²) in [5, 5.41) is 18.0. The Morgan fingerprint density at radius 1 is 0.527 bits per heavy atom. The van der Waals surface area contributed by atoms with E-state index in [0.29, 0.717) is 0 Å². The van der Waals surface area contributed by atoms with E-state index >= 15 is 0 Å². The maximum absolute atomic E-state index is 14.5. The van der Waals surface area contributed by atoms with Crippen molar-refractivity contribution in [3.8, 4) is 0 Å². The smallest absolute Gasteiger partial charge is 0.251 e. The Morgan fingerprint density at radius 2 is 0.878 bits per heavy atom. The van der Waals surface area contributed by atoms with Crippen LogP contribution in [-0.4, -0.2) is 118 Å². The molecule has 0 saturated carbocycles. The SMILES string of the molecule is C[C@H](N)C(=O)N[C@H](C(=O)N1C[C@@H](NC(=O)c2ccc(C(=O)N[C@H]3C[C@@H](C(=O)N[C@@H]4CCCc5ccccc54)N(C(=O)[C@@H](NC(=O)[C@H](C)N)C(C)(C)C)C3)cc2)C[C@H]1C(=O)N[C@@H]1CCCc2ccccc21)C(C)(C)C. The van der Waals surface area contributed by atoms with Gasteiger partial charge in [0.2, 0.25) is 35.4 Å². The predicted octanol–water partition coefficient (Wildman–Crippen LogP) is 3.23. The van der Waals surface area contributed by atoms with Crippen molar-refractivity contribution in [2.75, 3.05) is 13.1 Å². The summed E-state index contributed by atoms with van der Waals surface area (Å²) < 4.78 is 0. The van der Waals surface area contributed by atoms with Crippen LogP contribution >= 0.6 is 0 Å². The van der Waals surface area contributed by atoms with E-state index in [1.165, 1.54) is 47.9 Å². The summed E-state index contributed by atoms with van der Waals surface area (Å²) >= 11 is 0. The normalized spacial score (nSPS) is 23.2. The van der Waals surface area contributed by atoms with Crippen LogP contribution in [0.1, 0.15) is 149 Å². The molecule has 3 aromatic rings. The zero-order valence-electron chi connectivity index (χ0n) is 44.1. The molecule has 2 aliphatic carbocycles. The number of rotatable bonds is 14. The average Bonchev–Trinajstić information content (AvgIpc) is 3.98. The van der Waals surface area contributed by atoms with E-state index in [-0.39, 0.29) is 61.0 Å². The van der Waals surface area contributed by atoms with Gasteiger partial charge in [0, 0.05) is 36.3 Å². The molecule has 0 unspecified atom stereocenters. The molecule has 0 aromatic heterocycles. The first-order valence-corrected chi connectivity index (χ1v) is 26.1. The summed E-state index contributed by atoms with van der Waals surface area (Å²) in [5.41, 5.74) is 15.1. The van der Waals surface area contributed by atoms with E-state index in [9.17, 15) is 38.4 Å². The third kappa shape index (κ3) is 12.8. The number of carbonyl (C=O) groups excluding carboxylic acids is 8. The van der Waals surface area contributed by atoms with Gasteiger partial charge in [-0.15, -0.1) is 0 Å². The van der Waals surface area contributed by atoms with E-state index in [0.717, 1.165) is 60.8 Å². The van der Waals surface area contributed by atoms with E-state index < -0.39 is 94.6 Å². The number of fused-ring (bicyclic) bond motifs is 2. The fourth-order valence-corrected chi connectivity index (χ4v) is 10.7. The van der Waals surface area contributed by atoms with Gasteiger partial charge in [0.15, 0.2) is 0 Å². The summed E-state index contributed by atoms with van der Waals surface area (Å²) in [5.74, 6) is -3.67. The Morgan fingerprint density at radius 3 is 1.22 bits per heavy atom. The fraction of sp³-hybridized carbons (Fsp3) is 0.536. The average molecular weight is 1020 g/mol. The summed E-state index contributed by atoms with van der Waals surface area (Å²) in [6.07, 6.45) is 5.25. The van der Waals surface area contributed by atoms with Crippen LogP contribution in [0.5, 0.6) is 0 Å².